The van der Waals surface area contributed by atoms with Gasteiger partial charge in [0.15, 0.2) is 5.03 Å². The van der Waals surface area contributed by atoms with Gasteiger partial charge in [-0.3, -0.25) is 5.10 Å². The minimum atomic E-state index is -3.55. The molecule has 8 heteroatoms. The molecule has 1 aromatic rings. The first-order chi connectivity index (χ1) is 9.57. The van der Waals surface area contributed by atoms with Crippen LogP contribution in [0, 0.1) is 6.92 Å². The van der Waals surface area contributed by atoms with E-state index in [1.54, 1.807) is 0 Å². The highest BCUT2D eigenvalue weighted by Gasteiger charge is 2.30. The molecule has 0 spiro atoms. The second-order valence-electron chi connectivity index (χ2n) is 4.78. The summed E-state index contributed by atoms with van der Waals surface area (Å²) in [6.07, 6.45) is 0.713. The lowest BCUT2D eigenvalue weighted by Crippen LogP contribution is -2.34. The maximum atomic E-state index is 12.7. The van der Waals surface area contributed by atoms with Gasteiger partial charge in [-0.05, 0) is 19.9 Å². The maximum Gasteiger partial charge on any atom is 0.262 e. The fraction of sp³-hybridized carbons (Fsp3) is 0.750. The zero-order valence-electron chi connectivity index (χ0n) is 12.0. The lowest BCUT2D eigenvalue weighted by molar-refractivity contribution is 0.148. The van der Waals surface area contributed by atoms with Crippen LogP contribution in [-0.2, 0) is 21.3 Å². The highest BCUT2D eigenvalue weighted by atomic mass is 32.2. The monoisotopic (exact) mass is 302 g/mol. The summed E-state index contributed by atoms with van der Waals surface area (Å²) in [7, 11) is -3.55. The molecule has 1 fully saturated rings. The Morgan fingerprint density at radius 1 is 1.40 bits per heavy atom. The van der Waals surface area contributed by atoms with Gasteiger partial charge in [0.25, 0.3) is 10.0 Å². The quantitative estimate of drug-likeness (QED) is 0.813. The number of aryl methyl sites for hydroxylation is 1. The molecule has 1 aliphatic heterocycles. The number of sulfonamides is 1. The van der Waals surface area contributed by atoms with Gasteiger partial charge < -0.3 is 10.1 Å². The molecule has 0 bridgehead atoms. The van der Waals surface area contributed by atoms with Crippen molar-refractivity contribution >= 4 is 10.0 Å². The van der Waals surface area contributed by atoms with E-state index < -0.39 is 10.0 Å². The predicted molar refractivity (Wildman–Crippen MR) is 74.9 cm³/mol. The number of H-pyrrole nitrogens is 1. The van der Waals surface area contributed by atoms with E-state index in [0.29, 0.717) is 39.3 Å². The van der Waals surface area contributed by atoms with Crippen LogP contribution in [0.25, 0.3) is 0 Å². The van der Waals surface area contributed by atoms with Gasteiger partial charge in [0.2, 0.25) is 0 Å². The highest BCUT2D eigenvalue weighted by molar-refractivity contribution is 7.89. The first-order valence-corrected chi connectivity index (χ1v) is 8.33. The van der Waals surface area contributed by atoms with E-state index in [-0.39, 0.29) is 5.03 Å². The Balaban J connectivity index is 2.28. The summed E-state index contributed by atoms with van der Waals surface area (Å²) in [6.45, 7) is 7.00. The van der Waals surface area contributed by atoms with Crippen LogP contribution in [0.5, 0.6) is 0 Å². The average Bonchev–Trinajstić information content (AvgIpc) is 2.66. The van der Waals surface area contributed by atoms with Crippen LogP contribution < -0.4 is 5.32 Å². The van der Waals surface area contributed by atoms with Crippen molar-refractivity contribution in [3.05, 3.63) is 11.3 Å². The highest BCUT2D eigenvalue weighted by Crippen LogP contribution is 2.21. The molecule has 0 unspecified atom stereocenters. The smallest absolute Gasteiger partial charge is 0.262 e. The van der Waals surface area contributed by atoms with Gasteiger partial charge >= 0.3 is 0 Å². The van der Waals surface area contributed by atoms with E-state index in [4.69, 9.17) is 4.74 Å². The van der Waals surface area contributed by atoms with Gasteiger partial charge in [0.05, 0.1) is 6.61 Å². The number of aromatic amines is 1. The molecular weight excluding hydrogens is 280 g/mol. The molecule has 0 aromatic carbocycles. The molecule has 0 amide bonds. The van der Waals surface area contributed by atoms with Crippen molar-refractivity contribution in [1.82, 2.24) is 19.8 Å². The Hall–Kier alpha value is -0.960. The second-order valence-corrected chi connectivity index (χ2v) is 6.64. The van der Waals surface area contributed by atoms with Crippen LogP contribution in [0.15, 0.2) is 5.03 Å². The minimum absolute atomic E-state index is 0.137. The third-order valence-electron chi connectivity index (χ3n) is 3.35. The fourth-order valence-corrected chi connectivity index (χ4v) is 3.81. The van der Waals surface area contributed by atoms with E-state index in [0.717, 1.165) is 17.8 Å². The Morgan fingerprint density at radius 2 is 2.20 bits per heavy atom. The zero-order valence-corrected chi connectivity index (χ0v) is 12.8. The molecule has 2 heterocycles. The number of hydrogen-bond donors (Lipinski definition) is 2. The minimum Gasteiger partial charge on any atom is -0.380 e. The predicted octanol–water partition coefficient (Wildman–Crippen LogP) is 0.239. The molecule has 1 aliphatic rings. The Bertz CT molecular complexity index is 533. The molecule has 1 saturated heterocycles. The molecule has 0 radical (unpaired) electrons. The fourth-order valence-electron chi connectivity index (χ4n) is 2.19. The molecule has 2 N–H and O–H groups in total. The van der Waals surface area contributed by atoms with Crippen LogP contribution >= 0.6 is 0 Å². The van der Waals surface area contributed by atoms with E-state index in [9.17, 15) is 8.42 Å². The van der Waals surface area contributed by atoms with Gasteiger partial charge in [-0.2, -0.15) is 9.40 Å². The van der Waals surface area contributed by atoms with E-state index in [2.05, 4.69) is 15.5 Å². The molecule has 20 heavy (non-hydrogen) atoms. The Labute approximate surface area is 119 Å². The molecule has 7 nitrogen and oxygen atoms in total. The third kappa shape index (κ3) is 3.20. The van der Waals surface area contributed by atoms with Crippen LogP contribution in [-0.4, -0.2) is 55.8 Å². The molecule has 2 rings (SSSR count). The van der Waals surface area contributed by atoms with Crippen molar-refractivity contribution in [3.63, 3.8) is 0 Å². The van der Waals surface area contributed by atoms with Crippen LogP contribution in [0.2, 0.25) is 0 Å². The summed E-state index contributed by atoms with van der Waals surface area (Å²) in [5, 5.41) is 10.1. The summed E-state index contributed by atoms with van der Waals surface area (Å²) < 4.78 is 32.2. The number of rotatable bonds is 5. The largest absolute Gasteiger partial charge is 0.380 e. The molecule has 114 valence electrons. The van der Waals surface area contributed by atoms with Crippen LogP contribution in [0.4, 0.5) is 0 Å². The topological polar surface area (TPSA) is 87.3 Å². The average molecular weight is 302 g/mol. The first-order valence-electron chi connectivity index (χ1n) is 6.89. The summed E-state index contributed by atoms with van der Waals surface area (Å²) in [5.74, 6) is 0. The van der Waals surface area contributed by atoms with Gasteiger partial charge in [-0.15, -0.1) is 0 Å². The van der Waals surface area contributed by atoms with Gasteiger partial charge in [-0.25, -0.2) is 8.42 Å². The van der Waals surface area contributed by atoms with Crippen LogP contribution in [0.3, 0.4) is 0 Å². The van der Waals surface area contributed by atoms with E-state index in [1.165, 1.54) is 4.31 Å². The van der Waals surface area contributed by atoms with Crippen molar-refractivity contribution in [3.8, 4) is 0 Å². The third-order valence-corrected chi connectivity index (χ3v) is 5.22. The number of hydrogen-bond acceptors (Lipinski definition) is 5. The zero-order chi connectivity index (χ0) is 14.6. The van der Waals surface area contributed by atoms with Crippen molar-refractivity contribution < 1.29 is 13.2 Å². The van der Waals surface area contributed by atoms with Crippen molar-refractivity contribution in [2.24, 2.45) is 0 Å². The lowest BCUT2D eigenvalue weighted by Gasteiger charge is -2.18. The normalized spacial score (nSPS) is 18.1. The lowest BCUT2D eigenvalue weighted by atomic mass is 10.2. The van der Waals surface area contributed by atoms with Gasteiger partial charge in [0.1, 0.15) is 0 Å². The van der Waals surface area contributed by atoms with E-state index >= 15 is 0 Å². The van der Waals surface area contributed by atoms with Crippen molar-refractivity contribution in [2.45, 2.75) is 31.8 Å². The Morgan fingerprint density at radius 3 is 2.95 bits per heavy atom. The van der Waals surface area contributed by atoms with Gasteiger partial charge in [0, 0.05) is 37.5 Å². The molecule has 1 aromatic heterocycles. The summed E-state index contributed by atoms with van der Waals surface area (Å²) in [4.78, 5) is 0. The number of nitrogens with zero attached hydrogens (tertiary/aromatic N) is 2. The second kappa shape index (κ2) is 6.66. The van der Waals surface area contributed by atoms with E-state index in [1.807, 2.05) is 13.8 Å². The molecule has 0 aliphatic carbocycles. The molecule has 0 saturated carbocycles. The summed E-state index contributed by atoms with van der Waals surface area (Å²) in [6, 6.07) is 0. The summed E-state index contributed by atoms with van der Waals surface area (Å²) in [5.41, 5.74) is 1.51. The molecular formula is C12H22N4O3S. The Kier molecular flexibility index (Phi) is 5.14. The standard InChI is InChI=1S/C12H22N4O3S/c1-3-13-9-11-10(2)14-15-12(11)20(17,18)16-5-4-7-19-8-6-16/h13H,3-9H2,1-2H3,(H,14,15). The molecule has 0 atom stereocenters. The number of aromatic nitrogens is 2. The first kappa shape index (κ1) is 15.4. The number of nitrogens with one attached hydrogen (secondary N) is 2. The summed E-state index contributed by atoms with van der Waals surface area (Å²) >= 11 is 0. The van der Waals surface area contributed by atoms with Gasteiger partial charge in [-0.1, -0.05) is 6.92 Å². The van der Waals surface area contributed by atoms with Crippen molar-refractivity contribution in [1.29, 1.82) is 0 Å². The number of ether oxygens (including phenoxy) is 1. The maximum absolute atomic E-state index is 12.7. The SMILES string of the molecule is CCNCc1c(S(=O)(=O)N2CCCOCC2)n[nH]c1C. The van der Waals surface area contributed by atoms with Crippen LogP contribution in [0.1, 0.15) is 24.6 Å². The van der Waals surface area contributed by atoms with Crippen molar-refractivity contribution in [2.75, 3.05) is 32.8 Å².